The van der Waals surface area contributed by atoms with Crippen molar-refractivity contribution < 1.29 is 9.53 Å². The minimum absolute atomic E-state index is 0.228. The molecule has 0 aromatic rings. The summed E-state index contributed by atoms with van der Waals surface area (Å²) in [5.41, 5.74) is 0. The van der Waals surface area contributed by atoms with E-state index >= 15 is 0 Å². The van der Waals surface area contributed by atoms with E-state index in [1.54, 1.807) is 6.92 Å². The fourth-order valence-electron chi connectivity index (χ4n) is 0.463. The Morgan fingerprint density at radius 3 is 2.45 bits per heavy atom. The fourth-order valence-corrected chi connectivity index (χ4v) is 0.537. The molecular weight excluding hydrogens is 160 g/mol. The molecule has 2 nitrogen and oxygen atoms in total. The summed E-state index contributed by atoms with van der Waals surface area (Å²) in [6.45, 7) is 6.35. The molecule has 0 N–H and O–H groups in total. The highest BCUT2D eigenvalue weighted by molar-refractivity contribution is 7.81. The van der Waals surface area contributed by atoms with Gasteiger partial charge in [-0.05, 0) is 12.8 Å². The largest absolute Gasteiger partial charge is 0.465 e. The first-order valence-corrected chi connectivity index (χ1v) is 4.44. The van der Waals surface area contributed by atoms with E-state index in [1.165, 1.54) is 0 Å². The average Bonchev–Trinajstić information content (AvgIpc) is 1.99. The lowest BCUT2D eigenvalue weighted by molar-refractivity contribution is -0.143. The highest BCUT2D eigenvalue weighted by Crippen LogP contribution is 2.03. The van der Waals surface area contributed by atoms with E-state index in [0.29, 0.717) is 12.5 Å². The lowest BCUT2D eigenvalue weighted by Gasteiger charge is -2.10. The van der Waals surface area contributed by atoms with Crippen LogP contribution in [0.4, 0.5) is 0 Å². The van der Waals surface area contributed by atoms with Crippen molar-refractivity contribution in [1.82, 2.24) is 0 Å². The number of thiol groups is 1. The molecule has 0 rings (SSSR count). The topological polar surface area (TPSA) is 26.3 Å². The van der Waals surface area contributed by atoms with Crippen molar-refractivity contribution in [2.24, 2.45) is 5.92 Å². The van der Waals surface area contributed by atoms with Crippen LogP contribution in [0.5, 0.6) is 0 Å². The minimum Gasteiger partial charge on any atom is -0.465 e. The first-order valence-electron chi connectivity index (χ1n) is 3.92. The number of hydrogen-bond acceptors (Lipinski definition) is 3. The summed E-state index contributed by atoms with van der Waals surface area (Å²) in [5, 5.41) is -0.306. The van der Waals surface area contributed by atoms with Gasteiger partial charge in [0.05, 0.1) is 11.9 Å². The van der Waals surface area contributed by atoms with Gasteiger partial charge in [-0.15, -0.1) is 0 Å². The first-order chi connectivity index (χ1) is 5.07. The molecule has 0 heterocycles. The van der Waals surface area contributed by atoms with Gasteiger partial charge in [0.1, 0.15) is 0 Å². The van der Waals surface area contributed by atoms with Gasteiger partial charge in [0.25, 0.3) is 0 Å². The highest BCUT2D eigenvalue weighted by Gasteiger charge is 2.10. The zero-order chi connectivity index (χ0) is 8.85. The third kappa shape index (κ3) is 5.13. The molecule has 0 saturated heterocycles. The molecule has 0 aliphatic carbocycles. The zero-order valence-corrected chi connectivity index (χ0v) is 8.23. The fraction of sp³-hybridized carbons (Fsp3) is 0.875. The van der Waals surface area contributed by atoms with Gasteiger partial charge in [-0.1, -0.05) is 20.3 Å². The van der Waals surface area contributed by atoms with Gasteiger partial charge in [0.15, 0.2) is 0 Å². The smallest absolute Gasteiger partial charge is 0.318 e. The van der Waals surface area contributed by atoms with Crippen molar-refractivity contribution in [1.29, 1.82) is 0 Å². The van der Waals surface area contributed by atoms with E-state index in [4.69, 9.17) is 4.74 Å². The molecule has 0 radical (unpaired) electrons. The monoisotopic (exact) mass is 176 g/mol. The summed E-state index contributed by atoms with van der Waals surface area (Å²) >= 11 is 3.95. The second kappa shape index (κ2) is 5.47. The minimum atomic E-state index is -0.306. The Balaban J connectivity index is 3.46. The molecule has 0 bridgehead atoms. The maximum absolute atomic E-state index is 10.9. The van der Waals surface area contributed by atoms with E-state index < -0.39 is 0 Å². The third-order valence-corrected chi connectivity index (χ3v) is 1.76. The van der Waals surface area contributed by atoms with Crippen LogP contribution in [0.3, 0.4) is 0 Å². The summed E-state index contributed by atoms with van der Waals surface area (Å²) in [7, 11) is 0. The van der Waals surface area contributed by atoms with Crippen LogP contribution < -0.4 is 0 Å². The summed E-state index contributed by atoms with van der Waals surface area (Å²) in [6, 6.07) is 0. The van der Waals surface area contributed by atoms with E-state index in [-0.39, 0.29) is 11.2 Å². The zero-order valence-electron chi connectivity index (χ0n) is 7.33. The molecule has 0 spiro atoms. The molecule has 0 amide bonds. The summed E-state index contributed by atoms with van der Waals surface area (Å²) < 4.78 is 4.94. The van der Waals surface area contributed by atoms with Gasteiger partial charge >= 0.3 is 5.97 Å². The van der Waals surface area contributed by atoms with E-state index in [1.807, 2.05) is 0 Å². The average molecular weight is 176 g/mol. The number of carbonyl (C=O) groups is 1. The normalized spacial score (nSPS) is 15.6. The summed E-state index contributed by atoms with van der Waals surface area (Å²) in [5.74, 6) is 0.222. The number of esters is 1. The quantitative estimate of drug-likeness (QED) is 0.523. The van der Waals surface area contributed by atoms with Gasteiger partial charge in [0.2, 0.25) is 0 Å². The van der Waals surface area contributed by atoms with Gasteiger partial charge in [-0.25, -0.2) is 0 Å². The standard InChI is InChI=1S/C8H16O2S/c1-4-6(2)5-10-8(9)7(3)11/h6-7,11H,4-5H2,1-3H3. The number of carbonyl (C=O) groups excluding carboxylic acids is 1. The van der Waals surface area contributed by atoms with Crippen molar-refractivity contribution >= 4 is 18.6 Å². The second-order valence-corrected chi connectivity index (χ2v) is 3.59. The Bertz CT molecular complexity index is 123. The van der Waals surface area contributed by atoms with Gasteiger partial charge < -0.3 is 4.74 Å². The molecule has 0 saturated carbocycles. The van der Waals surface area contributed by atoms with Crippen LogP contribution in [-0.2, 0) is 9.53 Å². The van der Waals surface area contributed by atoms with Crippen molar-refractivity contribution in [3.05, 3.63) is 0 Å². The van der Waals surface area contributed by atoms with Crippen LogP contribution in [0, 0.1) is 5.92 Å². The number of rotatable bonds is 4. The highest BCUT2D eigenvalue weighted by atomic mass is 32.1. The van der Waals surface area contributed by atoms with Crippen LogP contribution in [0.25, 0.3) is 0 Å². The first kappa shape index (κ1) is 10.8. The number of ether oxygens (including phenoxy) is 1. The molecule has 11 heavy (non-hydrogen) atoms. The van der Waals surface area contributed by atoms with Gasteiger partial charge in [0, 0.05) is 0 Å². The Hall–Kier alpha value is -0.180. The molecule has 0 aliphatic rings. The molecule has 0 aromatic carbocycles. The Morgan fingerprint density at radius 2 is 2.09 bits per heavy atom. The maximum atomic E-state index is 10.9. The van der Waals surface area contributed by atoms with Crippen molar-refractivity contribution in [3.8, 4) is 0 Å². The number of hydrogen-bond donors (Lipinski definition) is 1. The molecular formula is C8H16O2S. The molecule has 66 valence electrons. The molecule has 2 unspecified atom stereocenters. The predicted octanol–water partition coefficient (Wildman–Crippen LogP) is 1.89. The SMILES string of the molecule is CCC(C)COC(=O)C(C)S. The lowest BCUT2D eigenvalue weighted by atomic mass is 10.1. The maximum Gasteiger partial charge on any atom is 0.318 e. The van der Waals surface area contributed by atoms with Crippen molar-refractivity contribution in [3.63, 3.8) is 0 Å². The molecule has 0 fully saturated rings. The van der Waals surface area contributed by atoms with Crippen molar-refractivity contribution in [2.45, 2.75) is 32.4 Å². The molecule has 0 aliphatic heterocycles. The third-order valence-electron chi connectivity index (χ3n) is 1.55. The predicted molar refractivity (Wildman–Crippen MR) is 48.9 cm³/mol. The Kier molecular flexibility index (Phi) is 5.38. The van der Waals surface area contributed by atoms with Gasteiger partial charge in [-0.3, -0.25) is 4.79 Å². The van der Waals surface area contributed by atoms with E-state index in [9.17, 15) is 4.79 Å². The van der Waals surface area contributed by atoms with Crippen LogP contribution in [0.15, 0.2) is 0 Å². The molecule has 2 atom stereocenters. The summed E-state index contributed by atoms with van der Waals surface area (Å²) in [4.78, 5) is 10.9. The van der Waals surface area contributed by atoms with E-state index in [2.05, 4.69) is 26.5 Å². The molecule has 0 aromatic heterocycles. The van der Waals surface area contributed by atoms with Gasteiger partial charge in [-0.2, -0.15) is 12.6 Å². The van der Waals surface area contributed by atoms with Crippen LogP contribution in [0.1, 0.15) is 27.2 Å². The summed E-state index contributed by atoms with van der Waals surface area (Å²) in [6.07, 6.45) is 1.04. The van der Waals surface area contributed by atoms with E-state index in [0.717, 1.165) is 6.42 Å². The van der Waals surface area contributed by atoms with Crippen LogP contribution in [0.2, 0.25) is 0 Å². The Morgan fingerprint density at radius 1 is 1.55 bits per heavy atom. The van der Waals surface area contributed by atoms with Crippen molar-refractivity contribution in [2.75, 3.05) is 6.61 Å². The van der Waals surface area contributed by atoms with Crippen LogP contribution in [-0.4, -0.2) is 17.8 Å². The second-order valence-electron chi connectivity index (χ2n) is 2.82. The van der Waals surface area contributed by atoms with Crippen LogP contribution >= 0.6 is 12.6 Å². The lowest BCUT2D eigenvalue weighted by Crippen LogP contribution is -2.18. The Labute approximate surface area is 73.7 Å². The molecule has 3 heteroatoms.